The van der Waals surface area contributed by atoms with Gasteiger partial charge in [0.05, 0.1) is 0 Å². The summed E-state index contributed by atoms with van der Waals surface area (Å²) in [6, 6.07) is 24.0. The van der Waals surface area contributed by atoms with Crippen molar-refractivity contribution in [1.82, 2.24) is 5.32 Å². The molecule has 3 rings (SSSR count). The lowest BCUT2D eigenvalue weighted by Gasteiger charge is -2.09. The molecule has 5 heteroatoms. The first-order valence-corrected chi connectivity index (χ1v) is 9.08. The van der Waals surface area contributed by atoms with Crippen LogP contribution in [0.5, 0.6) is 11.5 Å². The first-order valence-electron chi connectivity index (χ1n) is 9.08. The van der Waals surface area contributed by atoms with Crippen molar-refractivity contribution < 1.29 is 14.3 Å². The Kier molecular flexibility index (Phi) is 6.41. The molecule has 0 aliphatic carbocycles. The highest BCUT2D eigenvalue weighted by molar-refractivity contribution is 5.96. The number of hydrogen-bond donors (Lipinski definition) is 2. The van der Waals surface area contributed by atoms with Crippen LogP contribution in [0.1, 0.15) is 22.3 Å². The topological polar surface area (TPSA) is 67.4 Å². The van der Waals surface area contributed by atoms with Gasteiger partial charge in [-0.05, 0) is 55.0 Å². The van der Waals surface area contributed by atoms with E-state index in [1.54, 1.807) is 30.3 Å². The summed E-state index contributed by atoms with van der Waals surface area (Å²) < 4.78 is 5.72. The normalized spacial score (nSPS) is 10.2. The van der Waals surface area contributed by atoms with E-state index >= 15 is 0 Å². The maximum atomic E-state index is 12.1. The van der Waals surface area contributed by atoms with Crippen LogP contribution in [0.2, 0.25) is 0 Å². The van der Waals surface area contributed by atoms with Crippen LogP contribution >= 0.6 is 0 Å². The van der Waals surface area contributed by atoms with E-state index in [1.807, 2.05) is 55.5 Å². The Bertz CT molecular complexity index is 938. The third kappa shape index (κ3) is 5.45. The molecule has 2 N–H and O–H groups in total. The second-order valence-electron chi connectivity index (χ2n) is 6.31. The number of carbonyl (C=O) groups excluding carboxylic acids is 2. The quantitative estimate of drug-likeness (QED) is 0.638. The maximum Gasteiger partial charge on any atom is 0.251 e. The van der Waals surface area contributed by atoms with Crippen molar-refractivity contribution in [2.24, 2.45) is 0 Å². The minimum atomic E-state index is -0.173. The molecule has 0 saturated carbocycles. The molecule has 3 aromatic carbocycles. The predicted octanol–water partition coefficient (Wildman–Crippen LogP) is 4.55. The Labute approximate surface area is 164 Å². The average Bonchev–Trinajstić information content (AvgIpc) is 2.70. The third-order valence-corrected chi connectivity index (χ3v) is 4.14. The summed E-state index contributed by atoms with van der Waals surface area (Å²) in [5, 5.41) is 5.59. The average molecular weight is 374 g/mol. The zero-order chi connectivity index (χ0) is 19.8. The third-order valence-electron chi connectivity index (χ3n) is 4.14. The van der Waals surface area contributed by atoms with Gasteiger partial charge >= 0.3 is 0 Å². The molecule has 0 aliphatic rings. The zero-order valence-electron chi connectivity index (χ0n) is 15.6. The SMILES string of the molecule is Cc1ccccc1C(=O)NCCC(=O)Nc1ccc(Oc2ccccc2)cc1. The van der Waals surface area contributed by atoms with Gasteiger partial charge in [-0.2, -0.15) is 0 Å². The van der Waals surface area contributed by atoms with E-state index in [9.17, 15) is 9.59 Å². The monoisotopic (exact) mass is 374 g/mol. The molecular weight excluding hydrogens is 352 g/mol. The van der Waals surface area contributed by atoms with E-state index in [1.165, 1.54) is 0 Å². The standard InChI is InChI=1S/C23H22N2O3/c1-17-7-5-6-10-21(17)23(27)24-16-15-22(26)25-18-11-13-20(14-12-18)28-19-8-3-2-4-9-19/h2-14H,15-16H2,1H3,(H,24,27)(H,25,26). The predicted molar refractivity (Wildman–Crippen MR) is 110 cm³/mol. The molecule has 3 aromatic rings. The van der Waals surface area contributed by atoms with E-state index in [4.69, 9.17) is 4.74 Å². The van der Waals surface area contributed by atoms with Crippen molar-refractivity contribution in [3.63, 3.8) is 0 Å². The Balaban J connectivity index is 1.44. The maximum absolute atomic E-state index is 12.1. The van der Waals surface area contributed by atoms with Gasteiger partial charge in [-0.3, -0.25) is 9.59 Å². The molecule has 0 atom stereocenters. The number of anilines is 1. The van der Waals surface area contributed by atoms with Gasteiger partial charge < -0.3 is 15.4 Å². The summed E-state index contributed by atoms with van der Waals surface area (Å²) >= 11 is 0. The number of carbonyl (C=O) groups is 2. The minimum Gasteiger partial charge on any atom is -0.457 e. The van der Waals surface area contributed by atoms with Crippen molar-refractivity contribution in [3.8, 4) is 11.5 Å². The molecule has 28 heavy (non-hydrogen) atoms. The fraction of sp³-hybridized carbons (Fsp3) is 0.130. The van der Waals surface area contributed by atoms with Gasteiger partial charge in [-0.15, -0.1) is 0 Å². The van der Waals surface area contributed by atoms with Crippen LogP contribution in [-0.4, -0.2) is 18.4 Å². The largest absolute Gasteiger partial charge is 0.457 e. The second kappa shape index (κ2) is 9.37. The Morgan fingerprint density at radius 2 is 1.46 bits per heavy atom. The highest BCUT2D eigenvalue weighted by atomic mass is 16.5. The number of para-hydroxylation sites is 1. The lowest BCUT2D eigenvalue weighted by atomic mass is 10.1. The number of amides is 2. The van der Waals surface area contributed by atoms with Crippen molar-refractivity contribution in [2.75, 3.05) is 11.9 Å². The molecule has 0 aromatic heterocycles. The Hall–Kier alpha value is -3.60. The minimum absolute atomic E-state index is 0.165. The molecule has 0 heterocycles. The van der Waals surface area contributed by atoms with Crippen molar-refractivity contribution >= 4 is 17.5 Å². The number of ether oxygens (including phenoxy) is 1. The lowest BCUT2D eigenvalue weighted by molar-refractivity contribution is -0.116. The van der Waals surface area contributed by atoms with Gasteiger partial charge in [0.15, 0.2) is 0 Å². The Morgan fingerprint density at radius 3 is 2.18 bits per heavy atom. The van der Waals surface area contributed by atoms with Crippen LogP contribution in [0.4, 0.5) is 5.69 Å². The summed E-state index contributed by atoms with van der Waals surface area (Å²) in [4.78, 5) is 24.2. The molecule has 0 bridgehead atoms. The summed E-state index contributed by atoms with van der Waals surface area (Å²) in [5.74, 6) is 1.11. The van der Waals surface area contributed by atoms with E-state index in [0.717, 1.165) is 11.3 Å². The van der Waals surface area contributed by atoms with E-state index in [0.29, 0.717) is 17.0 Å². The van der Waals surface area contributed by atoms with Crippen LogP contribution in [0.3, 0.4) is 0 Å². The van der Waals surface area contributed by atoms with Gasteiger partial charge in [-0.1, -0.05) is 36.4 Å². The van der Waals surface area contributed by atoms with Crippen molar-refractivity contribution in [3.05, 3.63) is 90.0 Å². The van der Waals surface area contributed by atoms with Crippen LogP contribution in [0.25, 0.3) is 0 Å². The van der Waals surface area contributed by atoms with E-state index in [2.05, 4.69) is 10.6 Å². The first-order chi connectivity index (χ1) is 13.6. The molecule has 0 saturated heterocycles. The van der Waals surface area contributed by atoms with Crippen LogP contribution in [0.15, 0.2) is 78.9 Å². The molecular formula is C23H22N2O3. The van der Waals surface area contributed by atoms with E-state index < -0.39 is 0 Å². The fourth-order valence-electron chi connectivity index (χ4n) is 2.67. The second-order valence-corrected chi connectivity index (χ2v) is 6.31. The van der Waals surface area contributed by atoms with Crippen LogP contribution in [0, 0.1) is 6.92 Å². The smallest absolute Gasteiger partial charge is 0.251 e. The number of benzene rings is 3. The molecule has 0 spiro atoms. The van der Waals surface area contributed by atoms with Gasteiger partial charge in [0.2, 0.25) is 5.91 Å². The molecule has 0 aliphatic heterocycles. The van der Waals surface area contributed by atoms with Gasteiger partial charge in [0, 0.05) is 24.2 Å². The Morgan fingerprint density at radius 1 is 0.821 bits per heavy atom. The highest BCUT2D eigenvalue weighted by Gasteiger charge is 2.09. The molecule has 0 radical (unpaired) electrons. The molecule has 0 fully saturated rings. The first kappa shape index (κ1) is 19.2. The van der Waals surface area contributed by atoms with E-state index in [-0.39, 0.29) is 24.8 Å². The van der Waals surface area contributed by atoms with Crippen LogP contribution in [-0.2, 0) is 4.79 Å². The van der Waals surface area contributed by atoms with Crippen LogP contribution < -0.4 is 15.4 Å². The fourth-order valence-corrected chi connectivity index (χ4v) is 2.67. The number of aryl methyl sites for hydroxylation is 1. The molecule has 0 unspecified atom stereocenters. The molecule has 5 nitrogen and oxygen atoms in total. The number of rotatable bonds is 7. The summed E-state index contributed by atoms with van der Waals surface area (Å²) in [6.07, 6.45) is 0.194. The number of hydrogen-bond acceptors (Lipinski definition) is 3. The van der Waals surface area contributed by atoms with Crippen molar-refractivity contribution in [1.29, 1.82) is 0 Å². The van der Waals surface area contributed by atoms with Crippen molar-refractivity contribution in [2.45, 2.75) is 13.3 Å². The molecule has 2 amide bonds. The summed E-state index contributed by atoms with van der Waals surface area (Å²) in [6.45, 7) is 2.15. The molecule has 142 valence electrons. The summed E-state index contributed by atoms with van der Waals surface area (Å²) in [7, 11) is 0. The van der Waals surface area contributed by atoms with Gasteiger partial charge in [0.25, 0.3) is 5.91 Å². The number of nitrogens with one attached hydrogen (secondary N) is 2. The van der Waals surface area contributed by atoms with Gasteiger partial charge in [0.1, 0.15) is 11.5 Å². The summed E-state index contributed by atoms with van der Waals surface area (Å²) in [5.41, 5.74) is 2.20. The highest BCUT2D eigenvalue weighted by Crippen LogP contribution is 2.22. The zero-order valence-corrected chi connectivity index (χ0v) is 15.6. The lowest BCUT2D eigenvalue weighted by Crippen LogP contribution is -2.28. The van der Waals surface area contributed by atoms with Gasteiger partial charge in [-0.25, -0.2) is 0 Å².